The van der Waals surface area contributed by atoms with Crippen molar-refractivity contribution in [1.29, 1.82) is 0 Å². The monoisotopic (exact) mass is 410 g/mol. The number of piperidine rings is 1. The van der Waals surface area contributed by atoms with Gasteiger partial charge in [-0.25, -0.2) is 0 Å². The fourth-order valence-corrected chi connectivity index (χ4v) is 4.26. The molecule has 4 rings (SSSR count). The summed E-state index contributed by atoms with van der Waals surface area (Å²) in [5.41, 5.74) is 3.03. The van der Waals surface area contributed by atoms with Gasteiger partial charge in [0.1, 0.15) is 24.2 Å². The minimum atomic E-state index is -0.534. The van der Waals surface area contributed by atoms with Crippen molar-refractivity contribution in [3.05, 3.63) is 47.9 Å². The van der Waals surface area contributed by atoms with E-state index in [1.165, 1.54) is 0 Å². The number of aryl methyl sites for hydroxylation is 2. The van der Waals surface area contributed by atoms with Crippen molar-refractivity contribution in [3.8, 4) is 16.9 Å². The first-order valence-electron chi connectivity index (χ1n) is 10.6. The lowest BCUT2D eigenvalue weighted by Gasteiger charge is -2.32. The van der Waals surface area contributed by atoms with Gasteiger partial charge in [-0.3, -0.25) is 0 Å². The summed E-state index contributed by atoms with van der Waals surface area (Å²) in [6.45, 7) is 6.86. The van der Waals surface area contributed by atoms with E-state index in [-0.39, 0.29) is 13.2 Å². The van der Waals surface area contributed by atoms with E-state index >= 15 is 0 Å². The minimum Gasteiger partial charge on any atom is -0.491 e. The number of rotatable bonds is 7. The number of aliphatic hydroxyl groups is 2. The lowest BCUT2D eigenvalue weighted by molar-refractivity contribution is 0.0489. The molecule has 1 aliphatic rings. The maximum absolute atomic E-state index is 10.4. The van der Waals surface area contributed by atoms with Gasteiger partial charge >= 0.3 is 0 Å². The summed E-state index contributed by atoms with van der Waals surface area (Å²) in [4.78, 5) is 2.25. The van der Waals surface area contributed by atoms with E-state index in [4.69, 9.17) is 9.26 Å². The Morgan fingerprint density at radius 2 is 1.87 bits per heavy atom. The molecule has 2 heterocycles. The van der Waals surface area contributed by atoms with Crippen LogP contribution in [0.4, 0.5) is 0 Å². The summed E-state index contributed by atoms with van der Waals surface area (Å²) in [6.07, 6.45) is 1.45. The van der Waals surface area contributed by atoms with Gasteiger partial charge in [0.05, 0.1) is 5.69 Å². The van der Waals surface area contributed by atoms with Gasteiger partial charge in [-0.15, -0.1) is 0 Å². The molecule has 160 valence electrons. The van der Waals surface area contributed by atoms with Gasteiger partial charge < -0.3 is 24.4 Å². The van der Waals surface area contributed by atoms with Crippen molar-refractivity contribution < 1.29 is 19.5 Å². The molecule has 1 saturated heterocycles. The average Bonchev–Trinajstić information content (AvgIpc) is 3.10. The Labute approximate surface area is 177 Å². The van der Waals surface area contributed by atoms with Crippen molar-refractivity contribution in [3.63, 3.8) is 0 Å². The Morgan fingerprint density at radius 1 is 1.13 bits per heavy atom. The topological polar surface area (TPSA) is 79.0 Å². The molecule has 2 aromatic carbocycles. The molecule has 1 aliphatic heterocycles. The molecule has 0 spiro atoms. The van der Waals surface area contributed by atoms with E-state index in [0.29, 0.717) is 12.5 Å². The second-order valence-electron chi connectivity index (χ2n) is 8.31. The molecule has 3 aromatic rings. The molecule has 0 radical (unpaired) electrons. The highest BCUT2D eigenvalue weighted by atomic mass is 16.5. The Bertz CT molecular complexity index is 973. The van der Waals surface area contributed by atoms with Gasteiger partial charge in [0.25, 0.3) is 0 Å². The third-order valence-electron chi connectivity index (χ3n) is 6.01. The van der Waals surface area contributed by atoms with Crippen LogP contribution in [-0.4, -0.2) is 59.2 Å². The Hall–Kier alpha value is -2.41. The first-order valence-corrected chi connectivity index (χ1v) is 10.6. The molecule has 6 heteroatoms. The van der Waals surface area contributed by atoms with Crippen molar-refractivity contribution in [2.45, 2.75) is 32.8 Å². The zero-order valence-corrected chi connectivity index (χ0v) is 17.7. The van der Waals surface area contributed by atoms with Crippen LogP contribution in [-0.2, 0) is 0 Å². The lowest BCUT2D eigenvalue weighted by Crippen LogP contribution is -2.41. The van der Waals surface area contributed by atoms with Crippen molar-refractivity contribution in [2.75, 3.05) is 32.8 Å². The number of hydrogen-bond donors (Lipinski definition) is 2. The molecule has 30 heavy (non-hydrogen) atoms. The molecule has 6 nitrogen and oxygen atoms in total. The van der Waals surface area contributed by atoms with Crippen LogP contribution in [0.3, 0.4) is 0 Å². The van der Waals surface area contributed by atoms with Gasteiger partial charge in [-0.2, -0.15) is 0 Å². The van der Waals surface area contributed by atoms with E-state index in [0.717, 1.165) is 65.0 Å². The summed E-state index contributed by atoms with van der Waals surface area (Å²) >= 11 is 0. The quantitative estimate of drug-likeness (QED) is 0.620. The van der Waals surface area contributed by atoms with Crippen LogP contribution in [0.5, 0.6) is 5.75 Å². The first kappa shape index (κ1) is 20.8. The molecule has 1 fully saturated rings. The van der Waals surface area contributed by atoms with E-state index < -0.39 is 6.10 Å². The number of nitrogens with zero attached hydrogens (tertiary/aromatic N) is 2. The van der Waals surface area contributed by atoms with Crippen LogP contribution >= 0.6 is 0 Å². The highest BCUT2D eigenvalue weighted by molar-refractivity contribution is 5.88. The highest BCUT2D eigenvalue weighted by Gasteiger charge is 2.20. The minimum absolute atomic E-state index is 0.265. The summed E-state index contributed by atoms with van der Waals surface area (Å²) in [5, 5.41) is 25.8. The number of fused-ring (bicyclic) bond motifs is 1. The normalized spacial score (nSPS) is 16.8. The maximum atomic E-state index is 10.4. The van der Waals surface area contributed by atoms with Crippen molar-refractivity contribution in [2.24, 2.45) is 5.92 Å². The van der Waals surface area contributed by atoms with E-state index in [2.05, 4.69) is 28.3 Å². The molecule has 1 unspecified atom stereocenters. The predicted octanol–water partition coefficient (Wildman–Crippen LogP) is 3.56. The van der Waals surface area contributed by atoms with Gasteiger partial charge in [0, 0.05) is 18.7 Å². The molecule has 0 amide bonds. The standard InChI is InChI=1S/C24H30N2O4/c1-16-24(17(2)30-25-16)21-4-3-20-12-23(6-5-19(20)11-21)29-15-22(28)13-26-9-7-18(14-27)8-10-26/h3-6,11-12,18,22,27-28H,7-10,13-15H2,1-2H3. The Morgan fingerprint density at radius 3 is 2.57 bits per heavy atom. The second kappa shape index (κ2) is 9.16. The Kier molecular flexibility index (Phi) is 6.37. The molecule has 0 aliphatic carbocycles. The summed E-state index contributed by atoms with van der Waals surface area (Å²) < 4.78 is 11.2. The average molecular weight is 411 g/mol. The molecular formula is C24H30N2O4. The van der Waals surface area contributed by atoms with Crippen molar-refractivity contribution >= 4 is 10.8 Å². The molecule has 2 N–H and O–H groups in total. The SMILES string of the molecule is Cc1noc(C)c1-c1ccc2cc(OCC(O)CN3CCC(CO)CC3)ccc2c1. The van der Waals surface area contributed by atoms with Crippen LogP contribution in [0.1, 0.15) is 24.3 Å². The van der Waals surface area contributed by atoms with Crippen LogP contribution in [0.25, 0.3) is 21.9 Å². The molecule has 0 bridgehead atoms. The van der Waals surface area contributed by atoms with Gasteiger partial charge in [-0.1, -0.05) is 23.4 Å². The summed E-state index contributed by atoms with van der Waals surface area (Å²) in [5.74, 6) is 1.98. The number of hydrogen-bond acceptors (Lipinski definition) is 6. The summed E-state index contributed by atoms with van der Waals surface area (Å²) in [7, 11) is 0. The number of benzene rings is 2. The van der Waals surface area contributed by atoms with E-state index in [9.17, 15) is 10.2 Å². The predicted molar refractivity (Wildman–Crippen MR) is 117 cm³/mol. The van der Waals surface area contributed by atoms with Gasteiger partial charge in [0.2, 0.25) is 0 Å². The summed E-state index contributed by atoms with van der Waals surface area (Å²) in [6, 6.07) is 12.3. The molecule has 1 aromatic heterocycles. The van der Waals surface area contributed by atoms with E-state index in [1.54, 1.807) is 0 Å². The Balaban J connectivity index is 1.36. The zero-order chi connectivity index (χ0) is 21.1. The molecule has 0 saturated carbocycles. The van der Waals surface area contributed by atoms with Crippen LogP contribution < -0.4 is 4.74 Å². The number of β-amino-alcohol motifs (C(OH)–C–C–N with tert-alkyl or cyclic N) is 1. The first-order chi connectivity index (χ1) is 14.5. The fraction of sp³-hybridized carbons (Fsp3) is 0.458. The smallest absolute Gasteiger partial charge is 0.141 e. The van der Waals surface area contributed by atoms with E-state index in [1.807, 2.05) is 32.0 Å². The molecule has 1 atom stereocenters. The number of aromatic nitrogens is 1. The molecular weight excluding hydrogens is 380 g/mol. The largest absolute Gasteiger partial charge is 0.491 e. The number of ether oxygens (including phenoxy) is 1. The van der Waals surface area contributed by atoms with Crippen LogP contribution in [0.2, 0.25) is 0 Å². The highest BCUT2D eigenvalue weighted by Crippen LogP contribution is 2.31. The van der Waals surface area contributed by atoms with Crippen LogP contribution in [0.15, 0.2) is 40.9 Å². The number of aliphatic hydroxyl groups excluding tert-OH is 2. The third-order valence-corrected chi connectivity index (χ3v) is 6.01. The maximum Gasteiger partial charge on any atom is 0.141 e. The third kappa shape index (κ3) is 4.67. The van der Waals surface area contributed by atoms with Crippen LogP contribution in [0, 0.1) is 19.8 Å². The fourth-order valence-electron chi connectivity index (χ4n) is 4.26. The van der Waals surface area contributed by atoms with Gasteiger partial charge in [0.15, 0.2) is 0 Å². The van der Waals surface area contributed by atoms with Gasteiger partial charge in [-0.05, 0) is 80.2 Å². The zero-order valence-electron chi connectivity index (χ0n) is 17.7. The lowest BCUT2D eigenvalue weighted by atomic mass is 9.98. The van der Waals surface area contributed by atoms with Crippen molar-refractivity contribution in [1.82, 2.24) is 10.1 Å². The second-order valence-corrected chi connectivity index (χ2v) is 8.31. The number of likely N-dealkylation sites (tertiary alicyclic amines) is 1.